The molecule has 0 saturated carbocycles. The molecular weight excluding hydrogens is 254 g/mol. The summed E-state index contributed by atoms with van der Waals surface area (Å²) < 4.78 is 0.122. The number of nitrogens with one attached hydrogen (secondary N) is 2. The summed E-state index contributed by atoms with van der Waals surface area (Å²) in [6.45, 7) is 3.75. The number of H-pyrrole nitrogens is 2. The summed E-state index contributed by atoms with van der Waals surface area (Å²) >= 11 is 4.85. The minimum atomic E-state index is -1.14. The number of aromatic nitrogens is 3. The van der Waals surface area contributed by atoms with Crippen LogP contribution in [0.3, 0.4) is 0 Å². The zero-order valence-corrected chi connectivity index (χ0v) is 10.6. The fourth-order valence-corrected chi connectivity index (χ4v) is 1.95. The molecule has 6 nitrogen and oxygen atoms in total. The van der Waals surface area contributed by atoms with Crippen molar-refractivity contribution in [1.29, 1.82) is 0 Å². The van der Waals surface area contributed by atoms with E-state index in [2.05, 4.69) is 15.0 Å². The minimum Gasteiger partial charge on any atom is -0.477 e. The van der Waals surface area contributed by atoms with E-state index < -0.39 is 5.97 Å². The number of aromatic amines is 2. The molecule has 0 radical (unpaired) electrons. The van der Waals surface area contributed by atoms with E-state index in [1.165, 1.54) is 6.07 Å². The molecule has 0 fully saturated rings. The number of rotatable bonds is 2. The molecule has 94 valence electrons. The van der Waals surface area contributed by atoms with Crippen LogP contribution in [0, 0.1) is 4.77 Å². The maximum Gasteiger partial charge on any atom is 0.354 e. The van der Waals surface area contributed by atoms with Gasteiger partial charge in [-0.3, -0.25) is 9.78 Å². The lowest BCUT2D eigenvalue weighted by atomic mass is 10.00. The lowest BCUT2D eigenvalue weighted by Crippen LogP contribution is -2.14. The van der Waals surface area contributed by atoms with E-state index in [1.807, 2.05) is 13.8 Å². The molecule has 0 amide bonds. The van der Waals surface area contributed by atoms with Gasteiger partial charge in [-0.1, -0.05) is 13.8 Å². The number of carbonyl (C=O) groups is 1. The Morgan fingerprint density at radius 3 is 2.67 bits per heavy atom. The Kier molecular flexibility index (Phi) is 3.00. The lowest BCUT2D eigenvalue weighted by molar-refractivity contribution is 0.0690. The molecule has 2 aromatic heterocycles. The van der Waals surface area contributed by atoms with E-state index in [1.54, 1.807) is 0 Å². The van der Waals surface area contributed by atoms with Gasteiger partial charge in [-0.2, -0.15) is 0 Å². The molecule has 0 aliphatic heterocycles. The molecule has 7 heteroatoms. The first-order valence-corrected chi connectivity index (χ1v) is 5.71. The summed E-state index contributed by atoms with van der Waals surface area (Å²) in [5.41, 5.74) is 0.363. The first-order chi connectivity index (χ1) is 8.40. The second-order valence-corrected chi connectivity index (χ2v) is 4.60. The van der Waals surface area contributed by atoms with E-state index >= 15 is 0 Å². The number of fused-ring (bicyclic) bond motifs is 1. The molecule has 0 spiro atoms. The number of aromatic carboxylic acids is 1. The SMILES string of the molecule is CC(C)c1cc(C(=O)O)nc2[nH]c(=S)[nH]c(=O)c12. The quantitative estimate of drug-likeness (QED) is 0.719. The van der Waals surface area contributed by atoms with E-state index in [0.717, 1.165) is 0 Å². The number of hydrogen-bond acceptors (Lipinski definition) is 4. The number of carboxylic acid groups (broad SMARTS) is 1. The van der Waals surface area contributed by atoms with Crippen LogP contribution in [-0.2, 0) is 0 Å². The summed E-state index contributed by atoms with van der Waals surface area (Å²) in [7, 11) is 0. The fraction of sp³-hybridized carbons (Fsp3) is 0.273. The smallest absolute Gasteiger partial charge is 0.354 e. The predicted octanol–water partition coefficient (Wildman–Crippen LogP) is 1.80. The molecule has 18 heavy (non-hydrogen) atoms. The van der Waals surface area contributed by atoms with Crippen LogP contribution in [0.4, 0.5) is 0 Å². The Morgan fingerprint density at radius 2 is 2.11 bits per heavy atom. The van der Waals surface area contributed by atoms with Crippen molar-refractivity contribution in [2.45, 2.75) is 19.8 Å². The monoisotopic (exact) mass is 265 g/mol. The maximum absolute atomic E-state index is 11.9. The molecule has 2 rings (SSSR count). The van der Waals surface area contributed by atoms with Gasteiger partial charge in [0.05, 0.1) is 5.39 Å². The first kappa shape index (κ1) is 12.4. The molecule has 0 bridgehead atoms. The van der Waals surface area contributed by atoms with Crippen LogP contribution in [0.2, 0.25) is 0 Å². The molecule has 0 unspecified atom stereocenters. The van der Waals surface area contributed by atoms with E-state index in [9.17, 15) is 9.59 Å². The van der Waals surface area contributed by atoms with Gasteiger partial charge in [0.2, 0.25) is 0 Å². The van der Waals surface area contributed by atoms with Gasteiger partial charge in [0.15, 0.2) is 10.5 Å². The Morgan fingerprint density at radius 1 is 1.44 bits per heavy atom. The minimum absolute atomic E-state index is 0.000860. The molecule has 0 aliphatic carbocycles. The lowest BCUT2D eigenvalue weighted by Gasteiger charge is -2.09. The molecule has 0 saturated heterocycles. The largest absolute Gasteiger partial charge is 0.477 e. The highest BCUT2D eigenvalue weighted by atomic mass is 32.1. The zero-order chi connectivity index (χ0) is 13.4. The van der Waals surface area contributed by atoms with Gasteiger partial charge >= 0.3 is 5.97 Å². The topological polar surface area (TPSA) is 98.8 Å². The van der Waals surface area contributed by atoms with E-state index in [-0.39, 0.29) is 27.6 Å². The second-order valence-electron chi connectivity index (χ2n) is 4.19. The summed E-state index contributed by atoms with van der Waals surface area (Å²) in [4.78, 5) is 32.0. The fourth-order valence-electron chi connectivity index (χ4n) is 1.76. The maximum atomic E-state index is 11.9. The van der Waals surface area contributed by atoms with Gasteiger partial charge in [-0.25, -0.2) is 9.78 Å². The highest BCUT2D eigenvalue weighted by Gasteiger charge is 2.15. The highest BCUT2D eigenvalue weighted by molar-refractivity contribution is 7.71. The highest BCUT2D eigenvalue weighted by Crippen LogP contribution is 2.21. The van der Waals surface area contributed by atoms with Crippen molar-refractivity contribution in [3.8, 4) is 0 Å². The number of pyridine rings is 1. The number of hydrogen-bond donors (Lipinski definition) is 3. The van der Waals surface area contributed by atoms with Crippen LogP contribution in [0.1, 0.15) is 35.8 Å². The molecule has 3 N–H and O–H groups in total. The van der Waals surface area contributed by atoms with Gasteiger partial charge in [-0.05, 0) is 29.8 Å². The summed E-state index contributed by atoms with van der Waals surface area (Å²) in [6, 6.07) is 1.42. The van der Waals surface area contributed by atoms with Crippen molar-refractivity contribution >= 4 is 29.2 Å². The molecule has 0 atom stereocenters. The Labute approximate surface area is 107 Å². The van der Waals surface area contributed by atoms with Gasteiger partial charge in [0, 0.05) is 0 Å². The first-order valence-electron chi connectivity index (χ1n) is 5.30. The summed E-state index contributed by atoms with van der Waals surface area (Å²) in [5, 5.41) is 9.35. The van der Waals surface area contributed by atoms with Crippen molar-refractivity contribution in [1.82, 2.24) is 15.0 Å². The Hall–Kier alpha value is -2.02. The summed E-state index contributed by atoms with van der Waals surface area (Å²) in [5.74, 6) is -1.14. The Bertz CT molecular complexity index is 745. The van der Waals surface area contributed by atoms with Crippen LogP contribution in [0.25, 0.3) is 11.0 Å². The molecular formula is C11H11N3O3S. The molecule has 0 aliphatic rings. The van der Waals surface area contributed by atoms with Crippen LogP contribution in [0.5, 0.6) is 0 Å². The standard InChI is InChI=1S/C11H11N3O3S/c1-4(2)5-3-6(10(16)17)12-8-7(5)9(15)14-11(18)13-8/h3-4H,1-2H3,(H,16,17)(H2,12,13,14,15,18). The van der Waals surface area contributed by atoms with Gasteiger partial charge in [-0.15, -0.1) is 0 Å². The summed E-state index contributed by atoms with van der Waals surface area (Å²) in [6.07, 6.45) is 0. The van der Waals surface area contributed by atoms with Crippen molar-refractivity contribution in [2.75, 3.05) is 0 Å². The zero-order valence-electron chi connectivity index (χ0n) is 9.77. The van der Waals surface area contributed by atoms with Crippen LogP contribution in [0.15, 0.2) is 10.9 Å². The third kappa shape index (κ3) is 2.04. The van der Waals surface area contributed by atoms with Crippen LogP contribution in [-0.4, -0.2) is 26.0 Å². The van der Waals surface area contributed by atoms with Gasteiger partial charge in [0.1, 0.15) is 5.65 Å². The number of carboxylic acids is 1. The van der Waals surface area contributed by atoms with Gasteiger partial charge < -0.3 is 10.1 Å². The van der Waals surface area contributed by atoms with Crippen molar-refractivity contribution in [3.63, 3.8) is 0 Å². The third-order valence-electron chi connectivity index (χ3n) is 2.58. The van der Waals surface area contributed by atoms with Crippen molar-refractivity contribution < 1.29 is 9.90 Å². The van der Waals surface area contributed by atoms with Crippen LogP contribution >= 0.6 is 12.2 Å². The van der Waals surface area contributed by atoms with Crippen LogP contribution < -0.4 is 5.56 Å². The average molecular weight is 265 g/mol. The second kappa shape index (κ2) is 4.34. The van der Waals surface area contributed by atoms with E-state index in [0.29, 0.717) is 10.9 Å². The van der Waals surface area contributed by atoms with Gasteiger partial charge in [0.25, 0.3) is 5.56 Å². The number of nitrogens with zero attached hydrogens (tertiary/aromatic N) is 1. The molecule has 2 aromatic rings. The average Bonchev–Trinajstić information content (AvgIpc) is 2.26. The third-order valence-corrected chi connectivity index (χ3v) is 2.78. The Balaban J connectivity index is 2.99. The predicted molar refractivity (Wildman–Crippen MR) is 68.6 cm³/mol. The normalized spacial score (nSPS) is 11.1. The molecule has 2 heterocycles. The van der Waals surface area contributed by atoms with Crippen molar-refractivity contribution in [3.05, 3.63) is 32.4 Å². The molecule has 0 aromatic carbocycles. The van der Waals surface area contributed by atoms with Crippen molar-refractivity contribution in [2.24, 2.45) is 0 Å². The van der Waals surface area contributed by atoms with E-state index in [4.69, 9.17) is 17.3 Å².